The van der Waals surface area contributed by atoms with Gasteiger partial charge in [0.25, 0.3) is 0 Å². The summed E-state index contributed by atoms with van der Waals surface area (Å²) in [5.74, 6) is 0.0901. The second-order valence-corrected chi connectivity index (χ2v) is 5.06. The van der Waals surface area contributed by atoms with Crippen LogP contribution in [0.1, 0.15) is 25.3 Å². The van der Waals surface area contributed by atoms with Crippen LogP contribution in [0, 0.1) is 11.7 Å². The molecule has 0 aromatic heterocycles. The summed E-state index contributed by atoms with van der Waals surface area (Å²) in [4.78, 5) is 0. The Labute approximate surface area is 99.9 Å². The van der Waals surface area contributed by atoms with Crippen LogP contribution >= 0.6 is 0 Å². The van der Waals surface area contributed by atoms with Crippen molar-refractivity contribution in [1.29, 1.82) is 0 Å². The third kappa shape index (κ3) is 1.64. The van der Waals surface area contributed by atoms with E-state index in [0.29, 0.717) is 11.3 Å². The number of halogens is 1. The average Bonchev–Trinajstić information content (AvgIpc) is 3.13. The molecular formula is C15H15FO. The van der Waals surface area contributed by atoms with E-state index in [1.54, 1.807) is 12.1 Å². The van der Waals surface area contributed by atoms with Crippen molar-refractivity contribution in [2.75, 3.05) is 0 Å². The first-order valence-electron chi connectivity index (χ1n) is 6.01. The van der Waals surface area contributed by atoms with Crippen LogP contribution in [-0.2, 0) is 5.60 Å². The molecule has 1 fully saturated rings. The molecule has 0 bridgehead atoms. The van der Waals surface area contributed by atoms with Gasteiger partial charge in [-0.25, -0.2) is 4.39 Å². The highest BCUT2D eigenvalue weighted by Crippen LogP contribution is 2.47. The van der Waals surface area contributed by atoms with Gasteiger partial charge in [0.05, 0.1) is 5.60 Å². The van der Waals surface area contributed by atoms with Crippen LogP contribution < -0.4 is 0 Å². The van der Waals surface area contributed by atoms with E-state index in [9.17, 15) is 9.50 Å². The number of rotatable bonds is 2. The highest BCUT2D eigenvalue weighted by Gasteiger charge is 2.42. The quantitative estimate of drug-likeness (QED) is 0.835. The molecule has 1 nitrogen and oxygen atoms in total. The summed E-state index contributed by atoms with van der Waals surface area (Å²) >= 11 is 0. The van der Waals surface area contributed by atoms with Crippen LogP contribution in [0.4, 0.5) is 4.39 Å². The summed E-state index contributed by atoms with van der Waals surface area (Å²) in [5.41, 5.74) is 0.00447. The van der Waals surface area contributed by atoms with Crippen molar-refractivity contribution in [3.63, 3.8) is 0 Å². The smallest absolute Gasteiger partial charge is 0.131 e. The van der Waals surface area contributed by atoms with Crippen molar-refractivity contribution in [2.24, 2.45) is 5.92 Å². The maximum atomic E-state index is 13.7. The van der Waals surface area contributed by atoms with E-state index in [1.165, 1.54) is 6.07 Å². The molecule has 88 valence electrons. The minimum atomic E-state index is -0.840. The Morgan fingerprint density at radius 2 is 1.76 bits per heavy atom. The van der Waals surface area contributed by atoms with Gasteiger partial charge < -0.3 is 5.11 Å². The first kappa shape index (κ1) is 10.7. The molecule has 0 aliphatic heterocycles. The zero-order chi connectivity index (χ0) is 12.0. The number of hydrogen-bond acceptors (Lipinski definition) is 1. The molecule has 1 aliphatic carbocycles. The molecular weight excluding hydrogens is 215 g/mol. The molecule has 2 aromatic carbocycles. The van der Waals surface area contributed by atoms with Gasteiger partial charge in [-0.2, -0.15) is 0 Å². The lowest BCUT2D eigenvalue weighted by molar-refractivity contribution is 0.0345. The van der Waals surface area contributed by atoms with Crippen molar-refractivity contribution in [3.8, 4) is 0 Å². The second-order valence-electron chi connectivity index (χ2n) is 5.06. The molecule has 0 saturated heterocycles. The molecule has 1 N–H and O–H groups in total. The van der Waals surface area contributed by atoms with Crippen molar-refractivity contribution in [1.82, 2.24) is 0 Å². The van der Waals surface area contributed by atoms with Crippen LogP contribution in [0.25, 0.3) is 10.8 Å². The van der Waals surface area contributed by atoms with Gasteiger partial charge in [-0.05, 0) is 42.7 Å². The van der Waals surface area contributed by atoms with Crippen LogP contribution in [-0.4, -0.2) is 5.11 Å². The van der Waals surface area contributed by atoms with Gasteiger partial charge in [0.2, 0.25) is 0 Å². The van der Waals surface area contributed by atoms with Crippen LogP contribution in [0.2, 0.25) is 0 Å². The Hall–Kier alpha value is -1.41. The molecule has 0 heterocycles. The summed E-state index contributed by atoms with van der Waals surface area (Å²) in [7, 11) is 0. The Kier molecular flexibility index (Phi) is 2.23. The summed E-state index contributed by atoms with van der Waals surface area (Å²) in [6.07, 6.45) is 2.11. The van der Waals surface area contributed by atoms with E-state index in [0.717, 1.165) is 23.8 Å². The van der Waals surface area contributed by atoms with Gasteiger partial charge in [-0.3, -0.25) is 0 Å². The highest BCUT2D eigenvalue weighted by molar-refractivity contribution is 5.87. The normalized spacial score (nSPS) is 19.2. The monoisotopic (exact) mass is 230 g/mol. The fourth-order valence-electron chi connectivity index (χ4n) is 2.57. The lowest BCUT2D eigenvalue weighted by atomic mass is 9.87. The minimum absolute atomic E-state index is 0.226. The van der Waals surface area contributed by atoms with Crippen molar-refractivity contribution in [2.45, 2.75) is 25.4 Å². The average molecular weight is 230 g/mol. The Morgan fingerprint density at radius 3 is 2.41 bits per heavy atom. The maximum Gasteiger partial charge on any atom is 0.131 e. The van der Waals surface area contributed by atoms with Gasteiger partial charge in [-0.1, -0.05) is 30.3 Å². The largest absolute Gasteiger partial charge is 0.385 e. The third-order valence-corrected chi connectivity index (χ3v) is 3.79. The van der Waals surface area contributed by atoms with E-state index in [2.05, 4.69) is 0 Å². The van der Waals surface area contributed by atoms with Gasteiger partial charge >= 0.3 is 0 Å². The number of benzene rings is 2. The highest BCUT2D eigenvalue weighted by atomic mass is 19.1. The maximum absolute atomic E-state index is 13.7. The Bertz CT molecular complexity index is 570. The SMILES string of the molecule is CC(O)(c1ccc(F)c2ccccc12)C1CC1. The minimum Gasteiger partial charge on any atom is -0.385 e. The van der Waals surface area contributed by atoms with E-state index < -0.39 is 5.60 Å². The van der Waals surface area contributed by atoms with Crippen LogP contribution in [0.15, 0.2) is 36.4 Å². The third-order valence-electron chi connectivity index (χ3n) is 3.79. The number of fused-ring (bicyclic) bond motifs is 1. The molecule has 1 atom stereocenters. The lowest BCUT2D eigenvalue weighted by Gasteiger charge is -2.25. The fourth-order valence-corrected chi connectivity index (χ4v) is 2.57. The standard InChI is InChI=1S/C15H15FO/c1-15(17,10-6-7-10)13-8-9-14(16)12-5-3-2-4-11(12)13/h2-5,8-10,17H,6-7H2,1H3. The molecule has 0 spiro atoms. The van der Waals surface area contributed by atoms with E-state index in [-0.39, 0.29) is 5.82 Å². The van der Waals surface area contributed by atoms with Gasteiger partial charge in [0.15, 0.2) is 0 Å². The van der Waals surface area contributed by atoms with Gasteiger partial charge in [0, 0.05) is 5.39 Å². The first-order chi connectivity index (χ1) is 8.10. The van der Waals surface area contributed by atoms with Gasteiger partial charge in [-0.15, -0.1) is 0 Å². The van der Waals surface area contributed by atoms with Crippen LogP contribution in [0.5, 0.6) is 0 Å². The molecule has 1 unspecified atom stereocenters. The summed E-state index contributed by atoms with van der Waals surface area (Å²) < 4.78 is 13.7. The molecule has 3 rings (SSSR count). The van der Waals surface area contributed by atoms with Crippen molar-refractivity contribution >= 4 is 10.8 Å². The number of hydrogen-bond donors (Lipinski definition) is 1. The van der Waals surface area contributed by atoms with Crippen LogP contribution in [0.3, 0.4) is 0 Å². The molecule has 2 heteroatoms. The summed E-state index contributed by atoms with van der Waals surface area (Å²) in [6.45, 7) is 1.84. The van der Waals surface area contributed by atoms with Crippen molar-refractivity contribution < 1.29 is 9.50 Å². The van der Waals surface area contributed by atoms with E-state index >= 15 is 0 Å². The predicted octanol–water partition coefficient (Wildman–Crippen LogP) is 3.60. The molecule has 2 aromatic rings. The van der Waals surface area contributed by atoms with E-state index in [1.807, 2.05) is 25.1 Å². The fraction of sp³-hybridized carbons (Fsp3) is 0.333. The number of aliphatic hydroxyl groups is 1. The van der Waals surface area contributed by atoms with Crippen molar-refractivity contribution in [3.05, 3.63) is 47.8 Å². The van der Waals surface area contributed by atoms with Gasteiger partial charge in [0.1, 0.15) is 5.82 Å². The zero-order valence-corrected chi connectivity index (χ0v) is 9.78. The molecule has 0 radical (unpaired) electrons. The molecule has 0 amide bonds. The molecule has 17 heavy (non-hydrogen) atoms. The Morgan fingerprint density at radius 1 is 1.12 bits per heavy atom. The first-order valence-corrected chi connectivity index (χ1v) is 6.01. The molecule has 1 saturated carbocycles. The predicted molar refractivity (Wildman–Crippen MR) is 66.2 cm³/mol. The topological polar surface area (TPSA) is 20.2 Å². The summed E-state index contributed by atoms with van der Waals surface area (Å²) in [6, 6.07) is 10.5. The Balaban J connectivity index is 2.26. The summed E-state index contributed by atoms with van der Waals surface area (Å²) in [5, 5.41) is 12.0. The second kappa shape index (κ2) is 3.54. The zero-order valence-electron chi connectivity index (χ0n) is 9.78. The lowest BCUT2D eigenvalue weighted by Crippen LogP contribution is -2.24. The molecule has 1 aliphatic rings. The van der Waals surface area contributed by atoms with E-state index in [4.69, 9.17) is 0 Å².